The average Bonchev–Trinajstić information content (AvgIpc) is 2.65. The van der Waals surface area contributed by atoms with E-state index in [-0.39, 0.29) is 34.8 Å². The smallest absolute Gasteiger partial charge is 0.522 e. The fourth-order valence-electron chi connectivity index (χ4n) is 3.50. The van der Waals surface area contributed by atoms with Gasteiger partial charge in [-0.2, -0.15) is 0 Å². The van der Waals surface area contributed by atoms with Crippen LogP contribution in [0.5, 0.6) is 17.2 Å². The molecule has 8 nitrogen and oxygen atoms in total. The normalized spacial score (nSPS) is 15.9. The first-order valence-electron chi connectivity index (χ1n) is 9.33. The Balaban J connectivity index is 1.46. The van der Waals surface area contributed by atoms with Crippen molar-refractivity contribution in [3.63, 3.8) is 0 Å². The number of fused-ring (bicyclic) bond motifs is 1. The zero-order chi connectivity index (χ0) is 20.7. The fraction of sp³-hybridized carbons (Fsp3) is 0.300. The van der Waals surface area contributed by atoms with E-state index in [1.54, 1.807) is 36.1 Å². The molecule has 0 aliphatic carbocycles. The molecule has 150 valence electrons. The van der Waals surface area contributed by atoms with Crippen LogP contribution in [-0.2, 0) is 6.42 Å². The summed E-state index contributed by atoms with van der Waals surface area (Å²) >= 11 is 0. The largest absolute Gasteiger partial charge is 0.535 e. The second-order valence-corrected chi connectivity index (χ2v) is 7.29. The summed E-state index contributed by atoms with van der Waals surface area (Å²) in [5, 5.41) is 29.1. The lowest BCUT2D eigenvalue weighted by Gasteiger charge is -2.39. The average molecular weight is 397 g/mol. The van der Waals surface area contributed by atoms with E-state index >= 15 is 0 Å². The van der Waals surface area contributed by atoms with Crippen LogP contribution in [-0.4, -0.2) is 58.3 Å². The van der Waals surface area contributed by atoms with E-state index < -0.39 is 13.1 Å². The minimum Gasteiger partial charge on any atom is -0.535 e. The molecule has 0 spiro atoms. The molecule has 0 saturated carbocycles. The minimum absolute atomic E-state index is 0.0616. The number of nitrogens with zero attached hydrogens (tertiary/aromatic N) is 1. The topological polar surface area (TPSA) is 117 Å². The molecule has 1 fully saturated rings. The number of benzene rings is 2. The molecule has 0 atom stereocenters. The molecule has 0 bridgehead atoms. The fourth-order valence-corrected chi connectivity index (χ4v) is 3.50. The standard InChI is InChI=1S/C20H20BNO7/c1-11-2-3-13(8-15(11)23)19(24)22-9-14(10-22)28-16-5-4-12-6-7-21(27)29-18(12)17(16)20(25)26/h2-5,8,14,23,27H,6-7,9-10H2,1H3,(H,25,26). The van der Waals surface area contributed by atoms with Gasteiger partial charge in [-0.15, -0.1) is 0 Å². The number of carbonyl (C=O) groups excluding carboxylic acids is 1. The Morgan fingerprint density at radius 3 is 2.69 bits per heavy atom. The first-order valence-corrected chi connectivity index (χ1v) is 9.33. The van der Waals surface area contributed by atoms with Crippen molar-refractivity contribution >= 4 is 19.0 Å². The third-order valence-electron chi connectivity index (χ3n) is 5.21. The van der Waals surface area contributed by atoms with E-state index in [9.17, 15) is 24.8 Å². The molecule has 2 heterocycles. The molecule has 2 aliphatic rings. The number of hydrogen-bond donors (Lipinski definition) is 3. The van der Waals surface area contributed by atoms with Gasteiger partial charge in [-0.1, -0.05) is 12.1 Å². The zero-order valence-electron chi connectivity index (χ0n) is 15.8. The Labute approximate surface area is 167 Å². The Bertz CT molecular complexity index is 987. The van der Waals surface area contributed by atoms with Crippen LogP contribution in [0.15, 0.2) is 30.3 Å². The number of phenols is 1. The summed E-state index contributed by atoms with van der Waals surface area (Å²) in [4.78, 5) is 25.8. The van der Waals surface area contributed by atoms with Gasteiger partial charge in [-0.05, 0) is 49.0 Å². The highest BCUT2D eigenvalue weighted by molar-refractivity contribution is 6.44. The SMILES string of the molecule is Cc1ccc(C(=O)N2CC(Oc3ccc4c(c3C(=O)O)OB(O)CC4)C2)cc1O. The molecule has 2 aromatic rings. The molecule has 29 heavy (non-hydrogen) atoms. The van der Waals surface area contributed by atoms with Gasteiger partial charge in [-0.3, -0.25) is 4.79 Å². The maximum Gasteiger partial charge on any atom is 0.522 e. The number of likely N-dealkylation sites (tertiary alicyclic amines) is 1. The van der Waals surface area contributed by atoms with Crippen molar-refractivity contribution in [3.05, 3.63) is 52.6 Å². The molecule has 2 aromatic carbocycles. The van der Waals surface area contributed by atoms with Crippen LogP contribution < -0.4 is 9.39 Å². The molecule has 1 saturated heterocycles. The summed E-state index contributed by atoms with van der Waals surface area (Å²) < 4.78 is 11.2. The van der Waals surface area contributed by atoms with Crippen LogP contribution in [0, 0.1) is 6.92 Å². The van der Waals surface area contributed by atoms with Crippen molar-refractivity contribution in [2.45, 2.75) is 25.8 Å². The van der Waals surface area contributed by atoms with Crippen molar-refractivity contribution in [1.29, 1.82) is 0 Å². The zero-order valence-corrected chi connectivity index (χ0v) is 15.8. The van der Waals surface area contributed by atoms with Crippen molar-refractivity contribution in [3.8, 4) is 17.2 Å². The van der Waals surface area contributed by atoms with Crippen LogP contribution in [0.2, 0.25) is 6.32 Å². The molecule has 0 aromatic heterocycles. The van der Waals surface area contributed by atoms with Crippen LogP contribution in [0.4, 0.5) is 0 Å². The molecular formula is C20H20BNO7. The number of carboxylic acids is 1. The van der Waals surface area contributed by atoms with Crippen molar-refractivity contribution in [2.24, 2.45) is 0 Å². The minimum atomic E-state index is -1.20. The molecule has 0 unspecified atom stereocenters. The lowest BCUT2D eigenvalue weighted by Crippen LogP contribution is -2.56. The summed E-state index contributed by atoms with van der Waals surface area (Å²) in [6.07, 6.45) is 0.565. The number of aromatic hydroxyl groups is 1. The predicted molar refractivity (Wildman–Crippen MR) is 104 cm³/mol. The van der Waals surface area contributed by atoms with E-state index in [1.807, 2.05) is 0 Å². The van der Waals surface area contributed by atoms with Crippen LogP contribution >= 0.6 is 0 Å². The molecule has 3 N–H and O–H groups in total. The van der Waals surface area contributed by atoms with Gasteiger partial charge in [0, 0.05) is 5.56 Å². The number of aromatic carboxylic acids is 1. The second-order valence-electron chi connectivity index (χ2n) is 7.29. The number of amides is 1. The number of hydrogen-bond acceptors (Lipinski definition) is 6. The van der Waals surface area contributed by atoms with Gasteiger partial charge in [0.2, 0.25) is 0 Å². The summed E-state index contributed by atoms with van der Waals surface area (Å²) in [5.41, 5.74) is 1.67. The summed E-state index contributed by atoms with van der Waals surface area (Å²) in [7, 11) is -1.04. The Kier molecular flexibility index (Phi) is 4.83. The summed E-state index contributed by atoms with van der Waals surface area (Å²) in [6.45, 7) is 2.35. The van der Waals surface area contributed by atoms with Crippen LogP contribution in [0.3, 0.4) is 0 Å². The Hall–Kier alpha value is -3.20. The van der Waals surface area contributed by atoms with Gasteiger partial charge >= 0.3 is 13.1 Å². The molecule has 2 aliphatic heterocycles. The quantitative estimate of drug-likeness (QED) is 0.673. The van der Waals surface area contributed by atoms with Gasteiger partial charge in [0.1, 0.15) is 28.9 Å². The Morgan fingerprint density at radius 1 is 1.24 bits per heavy atom. The van der Waals surface area contributed by atoms with Gasteiger partial charge in [0.05, 0.1) is 13.1 Å². The number of phenolic OH excluding ortho intramolecular Hbond substituents is 1. The summed E-state index contributed by atoms with van der Waals surface area (Å²) in [5.74, 6) is -1.08. The van der Waals surface area contributed by atoms with Gasteiger partial charge in [-0.25, -0.2) is 4.79 Å². The van der Waals surface area contributed by atoms with Crippen LogP contribution in [0.1, 0.15) is 31.8 Å². The third kappa shape index (κ3) is 3.61. The maximum absolute atomic E-state index is 12.5. The van der Waals surface area contributed by atoms with E-state index in [0.29, 0.717) is 42.5 Å². The first-order chi connectivity index (χ1) is 13.8. The highest BCUT2D eigenvalue weighted by atomic mass is 16.5. The van der Waals surface area contributed by atoms with Gasteiger partial charge in [0.25, 0.3) is 5.91 Å². The van der Waals surface area contributed by atoms with Crippen LogP contribution in [0.25, 0.3) is 0 Å². The summed E-state index contributed by atoms with van der Waals surface area (Å²) in [6, 6.07) is 8.09. The molecule has 1 amide bonds. The number of ether oxygens (including phenoxy) is 1. The van der Waals surface area contributed by atoms with E-state index in [4.69, 9.17) is 9.39 Å². The first kappa shape index (κ1) is 19.1. The Morgan fingerprint density at radius 2 is 2.00 bits per heavy atom. The highest BCUT2D eigenvalue weighted by Crippen LogP contribution is 2.37. The highest BCUT2D eigenvalue weighted by Gasteiger charge is 2.35. The number of carboxylic acid groups (broad SMARTS) is 1. The predicted octanol–water partition coefficient (Wildman–Crippen LogP) is 1.72. The lowest BCUT2D eigenvalue weighted by molar-refractivity contribution is 0.0169. The van der Waals surface area contributed by atoms with Crippen molar-refractivity contribution in [1.82, 2.24) is 4.90 Å². The van der Waals surface area contributed by atoms with Gasteiger partial charge in [0.15, 0.2) is 0 Å². The van der Waals surface area contributed by atoms with Crippen molar-refractivity contribution < 1.29 is 34.2 Å². The van der Waals surface area contributed by atoms with E-state index in [2.05, 4.69) is 0 Å². The number of rotatable bonds is 4. The number of carbonyl (C=O) groups is 2. The molecular weight excluding hydrogens is 377 g/mol. The monoisotopic (exact) mass is 397 g/mol. The second kappa shape index (κ2) is 7.33. The maximum atomic E-state index is 12.5. The lowest BCUT2D eigenvalue weighted by atomic mass is 9.78. The van der Waals surface area contributed by atoms with E-state index in [0.717, 1.165) is 0 Å². The number of aryl methyl sites for hydroxylation is 2. The molecule has 0 radical (unpaired) electrons. The molecule has 9 heteroatoms. The third-order valence-corrected chi connectivity index (χ3v) is 5.21. The van der Waals surface area contributed by atoms with Crippen molar-refractivity contribution in [2.75, 3.05) is 13.1 Å². The molecule has 4 rings (SSSR count). The van der Waals surface area contributed by atoms with E-state index in [1.165, 1.54) is 6.07 Å². The van der Waals surface area contributed by atoms with Gasteiger partial charge < -0.3 is 29.5 Å².